The van der Waals surface area contributed by atoms with E-state index < -0.39 is 0 Å². The summed E-state index contributed by atoms with van der Waals surface area (Å²) in [7, 11) is 1.87. The number of methoxy groups -OCH3 is 1. The third-order valence-corrected chi connectivity index (χ3v) is 5.04. The van der Waals surface area contributed by atoms with Gasteiger partial charge < -0.3 is 4.74 Å². The minimum atomic E-state index is 0.160. The number of ether oxygens (including phenoxy) is 1. The number of hydrogen-bond donors (Lipinski definition) is 0. The van der Waals surface area contributed by atoms with Crippen molar-refractivity contribution in [2.24, 2.45) is 23.2 Å². The van der Waals surface area contributed by atoms with Crippen LogP contribution in [0.2, 0.25) is 0 Å². The fraction of sp³-hybridized carbons (Fsp3) is 1.00. The van der Waals surface area contributed by atoms with E-state index in [-0.39, 0.29) is 5.60 Å². The summed E-state index contributed by atoms with van der Waals surface area (Å²) in [6.45, 7) is 9.39. The maximum atomic E-state index is 5.69. The highest BCUT2D eigenvalue weighted by Gasteiger charge is 2.68. The molecule has 0 aliphatic heterocycles. The van der Waals surface area contributed by atoms with E-state index in [1.54, 1.807) is 0 Å². The molecule has 0 aromatic rings. The summed E-state index contributed by atoms with van der Waals surface area (Å²) in [5.74, 6) is 2.52. The molecule has 0 saturated heterocycles. The van der Waals surface area contributed by atoms with E-state index in [1.807, 2.05) is 7.11 Å². The first-order valence-corrected chi connectivity index (χ1v) is 5.51. The predicted octanol–water partition coefficient (Wildman–Crippen LogP) is 3.09. The van der Waals surface area contributed by atoms with E-state index >= 15 is 0 Å². The number of fused-ring (bicyclic) bond motifs is 1. The minimum absolute atomic E-state index is 0.160. The molecular weight excluding hydrogens is 160 g/mol. The first-order valence-electron chi connectivity index (χ1n) is 5.51. The molecule has 0 radical (unpaired) electrons. The smallest absolute Gasteiger partial charge is 0.0684 e. The standard InChI is InChI=1S/C12H22O/c1-8(2)12-6-10(12)9(3)11(4,7-12)13-5/h8-10H,6-7H2,1-5H3. The lowest BCUT2D eigenvalue weighted by Gasteiger charge is -2.31. The Hall–Kier alpha value is -0.0400. The molecule has 0 N–H and O–H groups in total. The van der Waals surface area contributed by atoms with Crippen molar-refractivity contribution >= 4 is 0 Å². The summed E-state index contributed by atoms with van der Waals surface area (Å²) >= 11 is 0. The van der Waals surface area contributed by atoms with E-state index in [9.17, 15) is 0 Å². The van der Waals surface area contributed by atoms with Gasteiger partial charge in [-0.05, 0) is 42.9 Å². The Kier molecular flexibility index (Phi) is 1.83. The van der Waals surface area contributed by atoms with Crippen LogP contribution in [0.5, 0.6) is 0 Å². The third-order valence-electron chi connectivity index (χ3n) is 5.04. The van der Waals surface area contributed by atoms with E-state index in [2.05, 4.69) is 27.7 Å². The second-order valence-electron chi connectivity index (χ2n) is 5.68. The fourth-order valence-electron chi connectivity index (χ4n) is 3.59. The quantitative estimate of drug-likeness (QED) is 0.637. The molecule has 2 aliphatic carbocycles. The second-order valence-corrected chi connectivity index (χ2v) is 5.68. The van der Waals surface area contributed by atoms with Crippen molar-refractivity contribution in [1.29, 1.82) is 0 Å². The van der Waals surface area contributed by atoms with Gasteiger partial charge in [-0.3, -0.25) is 0 Å². The zero-order chi connectivity index (χ0) is 9.85. The van der Waals surface area contributed by atoms with Crippen molar-refractivity contribution in [1.82, 2.24) is 0 Å². The largest absolute Gasteiger partial charge is 0.378 e. The molecule has 2 rings (SSSR count). The van der Waals surface area contributed by atoms with Gasteiger partial charge in [0.05, 0.1) is 5.60 Å². The van der Waals surface area contributed by atoms with Gasteiger partial charge in [0, 0.05) is 7.11 Å². The summed E-state index contributed by atoms with van der Waals surface area (Å²) in [5.41, 5.74) is 0.803. The van der Waals surface area contributed by atoms with Crippen molar-refractivity contribution in [2.75, 3.05) is 7.11 Å². The molecule has 0 spiro atoms. The molecule has 1 heteroatoms. The summed E-state index contributed by atoms with van der Waals surface area (Å²) in [5, 5.41) is 0. The Morgan fingerprint density at radius 3 is 2.31 bits per heavy atom. The molecule has 0 aromatic carbocycles. The van der Waals surface area contributed by atoms with Crippen LogP contribution in [0.1, 0.15) is 40.5 Å². The maximum absolute atomic E-state index is 5.69. The molecule has 0 aromatic heterocycles. The van der Waals surface area contributed by atoms with Gasteiger partial charge in [0.15, 0.2) is 0 Å². The number of hydrogen-bond acceptors (Lipinski definition) is 1. The SMILES string of the molecule is COC1(C)CC2(C(C)C)CC2C1C. The molecular formula is C12H22O. The van der Waals surface area contributed by atoms with Gasteiger partial charge in [-0.15, -0.1) is 0 Å². The monoisotopic (exact) mass is 182 g/mol. The van der Waals surface area contributed by atoms with Crippen LogP contribution in [-0.4, -0.2) is 12.7 Å². The average Bonchev–Trinajstić information content (AvgIpc) is 2.74. The lowest BCUT2D eigenvalue weighted by Crippen LogP contribution is -2.33. The van der Waals surface area contributed by atoms with Crippen LogP contribution in [0.3, 0.4) is 0 Å². The molecule has 76 valence electrons. The Labute approximate surface area is 81.9 Å². The van der Waals surface area contributed by atoms with Crippen molar-refractivity contribution in [2.45, 2.75) is 46.1 Å². The molecule has 2 aliphatic rings. The third kappa shape index (κ3) is 1.03. The first-order chi connectivity index (χ1) is 5.96. The lowest BCUT2D eigenvalue weighted by molar-refractivity contribution is -0.0379. The second kappa shape index (κ2) is 2.50. The van der Waals surface area contributed by atoms with E-state index in [4.69, 9.17) is 4.74 Å². The van der Waals surface area contributed by atoms with Gasteiger partial charge >= 0.3 is 0 Å². The highest BCUT2D eigenvalue weighted by molar-refractivity contribution is 5.18. The zero-order valence-corrected chi connectivity index (χ0v) is 9.55. The van der Waals surface area contributed by atoms with Crippen LogP contribution >= 0.6 is 0 Å². The van der Waals surface area contributed by atoms with Crippen LogP contribution in [0.4, 0.5) is 0 Å². The summed E-state index contributed by atoms with van der Waals surface area (Å²) in [4.78, 5) is 0. The molecule has 1 nitrogen and oxygen atoms in total. The van der Waals surface area contributed by atoms with Gasteiger partial charge in [-0.25, -0.2) is 0 Å². The first kappa shape index (κ1) is 9.51. The average molecular weight is 182 g/mol. The number of rotatable bonds is 2. The molecule has 4 unspecified atom stereocenters. The van der Waals surface area contributed by atoms with E-state index in [0.717, 1.165) is 17.8 Å². The van der Waals surface area contributed by atoms with E-state index in [1.165, 1.54) is 12.8 Å². The Bertz CT molecular complexity index is 223. The Balaban J connectivity index is 2.19. The molecule has 0 amide bonds. The van der Waals surface area contributed by atoms with Gasteiger partial charge in [0.1, 0.15) is 0 Å². The highest BCUT2D eigenvalue weighted by Crippen LogP contribution is 2.72. The molecule has 2 fully saturated rings. The highest BCUT2D eigenvalue weighted by atomic mass is 16.5. The van der Waals surface area contributed by atoms with Crippen molar-refractivity contribution in [3.8, 4) is 0 Å². The molecule has 0 heterocycles. The Morgan fingerprint density at radius 1 is 1.38 bits per heavy atom. The van der Waals surface area contributed by atoms with Crippen LogP contribution in [-0.2, 0) is 4.74 Å². The summed E-state index contributed by atoms with van der Waals surface area (Å²) in [6.07, 6.45) is 2.73. The summed E-state index contributed by atoms with van der Waals surface area (Å²) in [6, 6.07) is 0. The van der Waals surface area contributed by atoms with Crippen LogP contribution < -0.4 is 0 Å². The minimum Gasteiger partial charge on any atom is -0.378 e. The topological polar surface area (TPSA) is 9.23 Å². The molecule has 2 saturated carbocycles. The van der Waals surface area contributed by atoms with E-state index in [0.29, 0.717) is 5.41 Å². The maximum Gasteiger partial charge on any atom is 0.0684 e. The zero-order valence-electron chi connectivity index (χ0n) is 9.55. The lowest BCUT2D eigenvalue weighted by atomic mass is 9.84. The van der Waals surface area contributed by atoms with Crippen LogP contribution in [0, 0.1) is 23.2 Å². The predicted molar refractivity (Wildman–Crippen MR) is 54.6 cm³/mol. The van der Waals surface area contributed by atoms with Gasteiger partial charge in [-0.2, -0.15) is 0 Å². The normalized spacial score (nSPS) is 54.0. The Morgan fingerprint density at radius 2 is 2.00 bits per heavy atom. The van der Waals surface area contributed by atoms with Crippen LogP contribution in [0.25, 0.3) is 0 Å². The van der Waals surface area contributed by atoms with Crippen molar-refractivity contribution in [3.63, 3.8) is 0 Å². The van der Waals surface area contributed by atoms with Crippen LogP contribution in [0.15, 0.2) is 0 Å². The van der Waals surface area contributed by atoms with Crippen molar-refractivity contribution < 1.29 is 4.74 Å². The summed E-state index contributed by atoms with van der Waals surface area (Å²) < 4.78 is 5.69. The van der Waals surface area contributed by atoms with Gasteiger partial charge in [0.25, 0.3) is 0 Å². The van der Waals surface area contributed by atoms with Gasteiger partial charge in [0.2, 0.25) is 0 Å². The fourth-order valence-corrected chi connectivity index (χ4v) is 3.59. The molecule has 13 heavy (non-hydrogen) atoms. The molecule has 0 bridgehead atoms. The molecule has 4 atom stereocenters. The van der Waals surface area contributed by atoms with Crippen molar-refractivity contribution in [3.05, 3.63) is 0 Å². The van der Waals surface area contributed by atoms with Gasteiger partial charge in [-0.1, -0.05) is 20.8 Å².